The van der Waals surface area contributed by atoms with Crippen molar-refractivity contribution in [2.45, 2.75) is 30.7 Å². The SMILES string of the molecule is N#C[C@@]1(c2nc3ccccc3s2)Cc2c(F)cccc2N2CCC[C@@H]21. The van der Waals surface area contributed by atoms with Gasteiger partial charge < -0.3 is 4.90 Å². The van der Waals surface area contributed by atoms with Crippen LogP contribution in [0.1, 0.15) is 23.4 Å². The molecule has 1 saturated heterocycles. The minimum absolute atomic E-state index is 0.0624. The summed E-state index contributed by atoms with van der Waals surface area (Å²) in [4.78, 5) is 7.02. The van der Waals surface area contributed by atoms with Gasteiger partial charge in [0.1, 0.15) is 16.2 Å². The number of para-hydroxylation sites is 1. The smallest absolute Gasteiger partial charge is 0.133 e. The van der Waals surface area contributed by atoms with Crippen LogP contribution in [0.3, 0.4) is 0 Å². The molecule has 0 N–H and O–H groups in total. The highest BCUT2D eigenvalue weighted by Crippen LogP contribution is 2.49. The lowest BCUT2D eigenvalue weighted by atomic mass is 9.72. The van der Waals surface area contributed by atoms with Crippen molar-refractivity contribution < 1.29 is 4.39 Å². The Morgan fingerprint density at radius 2 is 2.12 bits per heavy atom. The van der Waals surface area contributed by atoms with Crippen LogP contribution in [-0.2, 0) is 11.8 Å². The molecule has 25 heavy (non-hydrogen) atoms. The number of nitrogens with zero attached hydrogens (tertiary/aromatic N) is 3. The van der Waals surface area contributed by atoms with E-state index in [-0.39, 0.29) is 11.9 Å². The Bertz CT molecular complexity index is 988. The fraction of sp³-hybridized carbons (Fsp3) is 0.300. The molecule has 3 nitrogen and oxygen atoms in total. The quantitative estimate of drug-likeness (QED) is 0.653. The van der Waals surface area contributed by atoms with E-state index in [4.69, 9.17) is 4.98 Å². The van der Waals surface area contributed by atoms with Crippen molar-refractivity contribution in [3.8, 4) is 6.07 Å². The number of aromatic nitrogens is 1. The van der Waals surface area contributed by atoms with E-state index in [1.54, 1.807) is 17.4 Å². The van der Waals surface area contributed by atoms with Crippen LogP contribution < -0.4 is 4.90 Å². The minimum Gasteiger partial charge on any atom is -0.366 e. The van der Waals surface area contributed by atoms with Crippen molar-refractivity contribution in [2.75, 3.05) is 11.4 Å². The summed E-state index contributed by atoms with van der Waals surface area (Å²) in [6, 6.07) is 15.8. The van der Waals surface area contributed by atoms with Crippen LogP contribution >= 0.6 is 11.3 Å². The molecule has 3 aromatic rings. The second-order valence-electron chi connectivity index (χ2n) is 6.84. The summed E-state index contributed by atoms with van der Waals surface area (Å²) in [6.07, 6.45) is 2.36. The number of anilines is 1. The topological polar surface area (TPSA) is 39.9 Å². The first-order valence-electron chi connectivity index (χ1n) is 8.54. The fourth-order valence-corrected chi connectivity index (χ4v) is 5.55. The number of halogens is 1. The molecule has 5 heteroatoms. The van der Waals surface area contributed by atoms with Crippen molar-refractivity contribution in [1.29, 1.82) is 5.26 Å². The first kappa shape index (κ1) is 14.9. The second-order valence-corrected chi connectivity index (χ2v) is 7.87. The molecule has 0 spiro atoms. The molecule has 0 saturated carbocycles. The highest BCUT2D eigenvalue weighted by atomic mass is 32.1. The number of benzene rings is 2. The summed E-state index contributed by atoms with van der Waals surface area (Å²) in [5.41, 5.74) is 1.74. The molecule has 2 aliphatic heterocycles. The van der Waals surface area contributed by atoms with Crippen LogP contribution in [0.2, 0.25) is 0 Å². The Morgan fingerprint density at radius 1 is 1.24 bits per heavy atom. The lowest BCUT2D eigenvalue weighted by Crippen LogP contribution is -2.52. The van der Waals surface area contributed by atoms with Crippen molar-refractivity contribution in [1.82, 2.24) is 4.98 Å². The van der Waals surface area contributed by atoms with E-state index in [1.807, 2.05) is 30.3 Å². The third-order valence-electron chi connectivity index (χ3n) is 5.56. The van der Waals surface area contributed by atoms with E-state index in [2.05, 4.69) is 11.0 Å². The molecule has 1 fully saturated rings. The Morgan fingerprint density at radius 3 is 2.96 bits per heavy atom. The van der Waals surface area contributed by atoms with Crippen molar-refractivity contribution in [2.24, 2.45) is 0 Å². The molecule has 3 heterocycles. The normalized spacial score (nSPS) is 24.8. The Balaban J connectivity index is 1.75. The van der Waals surface area contributed by atoms with Gasteiger partial charge in [-0.2, -0.15) is 5.26 Å². The lowest BCUT2D eigenvalue weighted by molar-refractivity contribution is 0.400. The number of fused-ring (bicyclic) bond motifs is 4. The molecular weight excluding hydrogens is 333 g/mol. The first-order chi connectivity index (χ1) is 12.2. The van der Waals surface area contributed by atoms with Gasteiger partial charge >= 0.3 is 0 Å². The number of nitriles is 1. The molecule has 0 radical (unpaired) electrons. The first-order valence-corrected chi connectivity index (χ1v) is 9.36. The maximum atomic E-state index is 14.6. The van der Waals surface area contributed by atoms with Gasteiger partial charge in [0, 0.05) is 24.2 Å². The zero-order chi connectivity index (χ0) is 17.0. The van der Waals surface area contributed by atoms with Crippen LogP contribution in [0.25, 0.3) is 10.2 Å². The largest absolute Gasteiger partial charge is 0.366 e. The summed E-state index contributed by atoms with van der Waals surface area (Å²) in [5, 5.41) is 11.1. The summed E-state index contributed by atoms with van der Waals surface area (Å²) >= 11 is 1.57. The lowest BCUT2D eigenvalue weighted by Gasteiger charge is -2.43. The summed E-state index contributed by atoms with van der Waals surface area (Å²) in [5.74, 6) is -0.219. The third kappa shape index (κ3) is 1.98. The van der Waals surface area contributed by atoms with E-state index in [0.29, 0.717) is 12.0 Å². The molecule has 2 aromatic carbocycles. The average Bonchev–Trinajstić information content (AvgIpc) is 3.29. The van der Waals surface area contributed by atoms with E-state index < -0.39 is 5.41 Å². The second kappa shape index (κ2) is 5.27. The summed E-state index contributed by atoms with van der Waals surface area (Å²) in [7, 11) is 0. The fourth-order valence-electron chi connectivity index (χ4n) is 4.40. The van der Waals surface area contributed by atoms with Gasteiger partial charge in [-0.15, -0.1) is 11.3 Å². The number of hydrogen-bond acceptors (Lipinski definition) is 4. The zero-order valence-electron chi connectivity index (χ0n) is 13.6. The molecular formula is C20H16FN3S. The van der Waals surface area contributed by atoms with Gasteiger partial charge in [-0.05, 0) is 37.1 Å². The maximum Gasteiger partial charge on any atom is 0.133 e. The standard InChI is InChI=1S/C20H16FN3S/c21-14-5-3-7-16-13(14)11-20(12-22,18-9-4-10-24(16)18)19-23-15-6-1-2-8-17(15)25-19/h1-3,5-8,18H,4,9-11H2/t18-,20+/m1/s1. The molecule has 0 amide bonds. The molecule has 0 aliphatic carbocycles. The van der Waals surface area contributed by atoms with Crippen LogP contribution in [0.5, 0.6) is 0 Å². The van der Waals surface area contributed by atoms with Crippen molar-refractivity contribution in [3.63, 3.8) is 0 Å². The Labute approximate surface area is 149 Å². The minimum atomic E-state index is -0.782. The highest BCUT2D eigenvalue weighted by molar-refractivity contribution is 7.18. The van der Waals surface area contributed by atoms with Gasteiger partial charge in [0.2, 0.25) is 0 Å². The molecule has 124 valence electrons. The Hall–Kier alpha value is -2.45. The predicted octanol–water partition coefficient (Wildman–Crippen LogP) is 4.42. The molecule has 5 rings (SSSR count). The van der Waals surface area contributed by atoms with Gasteiger partial charge in [-0.25, -0.2) is 9.37 Å². The molecule has 0 bridgehead atoms. The van der Waals surface area contributed by atoms with Gasteiger partial charge in [0.25, 0.3) is 0 Å². The van der Waals surface area contributed by atoms with Crippen molar-refractivity contribution in [3.05, 3.63) is 58.9 Å². The molecule has 2 aliphatic rings. The molecule has 0 unspecified atom stereocenters. The van der Waals surface area contributed by atoms with E-state index in [9.17, 15) is 9.65 Å². The van der Waals surface area contributed by atoms with E-state index in [1.165, 1.54) is 6.07 Å². The average molecular weight is 349 g/mol. The van der Waals surface area contributed by atoms with Crippen LogP contribution in [0.4, 0.5) is 10.1 Å². The maximum absolute atomic E-state index is 14.6. The monoisotopic (exact) mass is 349 g/mol. The van der Waals surface area contributed by atoms with Gasteiger partial charge in [0.05, 0.1) is 22.3 Å². The molecule has 2 atom stereocenters. The number of thiazole rings is 1. The van der Waals surface area contributed by atoms with E-state index >= 15 is 0 Å². The third-order valence-corrected chi connectivity index (χ3v) is 6.77. The van der Waals surface area contributed by atoms with Gasteiger partial charge in [-0.3, -0.25) is 0 Å². The number of hydrogen-bond donors (Lipinski definition) is 0. The highest BCUT2D eigenvalue weighted by Gasteiger charge is 2.52. The predicted molar refractivity (Wildman–Crippen MR) is 97.4 cm³/mol. The van der Waals surface area contributed by atoms with Gasteiger partial charge in [0.15, 0.2) is 0 Å². The summed E-state index contributed by atoms with van der Waals surface area (Å²) in [6.45, 7) is 0.870. The van der Waals surface area contributed by atoms with Gasteiger partial charge in [-0.1, -0.05) is 18.2 Å². The van der Waals surface area contributed by atoms with Crippen LogP contribution in [0, 0.1) is 17.1 Å². The zero-order valence-corrected chi connectivity index (χ0v) is 14.4. The van der Waals surface area contributed by atoms with E-state index in [0.717, 1.165) is 40.3 Å². The Kier molecular flexibility index (Phi) is 3.13. The molecule has 1 aromatic heterocycles. The van der Waals surface area contributed by atoms with Crippen LogP contribution in [-0.4, -0.2) is 17.6 Å². The van der Waals surface area contributed by atoms with Crippen LogP contribution in [0.15, 0.2) is 42.5 Å². The van der Waals surface area contributed by atoms with Crippen molar-refractivity contribution >= 4 is 27.2 Å². The summed E-state index contributed by atoms with van der Waals surface area (Å²) < 4.78 is 15.7. The number of rotatable bonds is 1.